The van der Waals surface area contributed by atoms with Gasteiger partial charge >= 0.3 is 0 Å². The summed E-state index contributed by atoms with van der Waals surface area (Å²) in [5.41, 5.74) is 2.67. The Morgan fingerprint density at radius 1 is 1.00 bits per heavy atom. The molecule has 3 aliphatic rings. The number of imide groups is 1. The average molecular weight is 407 g/mol. The number of hydrogen-bond acceptors (Lipinski definition) is 5. The van der Waals surface area contributed by atoms with Gasteiger partial charge in [-0.25, -0.2) is 0 Å². The Morgan fingerprint density at radius 3 is 2.47 bits per heavy atom. The van der Waals surface area contributed by atoms with Crippen LogP contribution in [0.3, 0.4) is 0 Å². The van der Waals surface area contributed by atoms with Crippen molar-refractivity contribution in [3.63, 3.8) is 0 Å². The number of piperidine rings is 3. The summed E-state index contributed by atoms with van der Waals surface area (Å²) in [7, 11) is 2.23. The van der Waals surface area contributed by atoms with Gasteiger partial charge in [0.2, 0.25) is 11.8 Å². The first-order valence-electron chi connectivity index (χ1n) is 11.2. The molecular weight excluding hydrogens is 376 g/mol. The van der Waals surface area contributed by atoms with Crippen molar-refractivity contribution in [2.75, 3.05) is 38.1 Å². The predicted octanol–water partition coefficient (Wildman–Crippen LogP) is 3.07. The maximum absolute atomic E-state index is 12.5. The van der Waals surface area contributed by atoms with Gasteiger partial charge in [0.05, 0.1) is 5.92 Å². The highest BCUT2D eigenvalue weighted by Gasteiger charge is 2.37. The van der Waals surface area contributed by atoms with Gasteiger partial charge in [0.15, 0.2) is 0 Å². The summed E-state index contributed by atoms with van der Waals surface area (Å²) in [4.78, 5) is 33.5. The third-order valence-electron chi connectivity index (χ3n) is 7.64. The SMILES string of the molecule is CN1CCC2(CC1)CCN(c1cccc3c(C4CCC(=O)NC4=O)cncc13)CC2. The third kappa shape index (κ3) is 3.47. The van der Waals surface area contributed by atoms with Crippen molar-refractivity contribution < 1.29 is 9.59 Å². The molecule has 1 N–H and O–H groups in total. The fraction of sp³-hybridized carbons (Fsp3) is 0.542. The van der Waals surface area contributed by atoms with Gasteiger partial charge in [-0.05, 0) is 74.7 Å². The molecule has 2 amide bonds. The first-order valence-corrected chi connectivity index (χ1v) is 11.2. The van der Waals surface area contributed by atoms with Crippen molar-refractivity contribution in [2.24, 2.45) is 5.41 Å². The molecule has 1 aromatic heterocycles. The molecule has 0 bridgehead atoms. The summed E-state index contributed by atoms with van der Waals surface area (Å²) in [5.74, 6) is -0.688. The number of amides is 2. The van der Waals surface area contributed by atoms with Crippen molar-refractivity contribution >= 4 is 28.3 Å². The van der Waals surface area contributed by atoms with Crippen LogP contribution in [0.15, 0.2) is 30.6 Å². The Labute approximate surface area is 177 Å². The molecule has 30 heavy (non-hydrogen) atoms. The Balaban J connectivity index is 1.41. The highest BCUT2D eigenvalue weighted by molar-refractivity contribution is 6.04. The van der Waals surface area contributed by atoms with Crippen LogP contribution in [0, 0.1) is 5.41 Å². The highest BCUT2D eigenvalue weighted by atomic mass is 16.2. The smallest absolute Gasteiger partial charge is 0.234 e. The van der Waals surface area contributed by atoms with Gasteiger partial charge in [0.25, 0.3) is 0 Å². The first kappa shape index (κ1) is 19.5. The molecule has 1 aromatic carbocycles. The Bertz CT molecular complexity index is 970. The van der Waals surface area contributed by atoms with E-state index in [1.165, 1.54) is 44.5 Å². The van der Waals surface area contributed by atoms with Gasteiger partial charge in [0, 0.05) is 43.0 Å². The number of anilines is 1. The van der Waals surface area contributed by atoms with Crippen LogP contribution >= 0.6 is 0 Å². The molecule has 3 fully saturated rings. The molecule has 3 saturated heterocycles. The topological polar surface area (TPSA) is 65.5 Å². The minimum Gasteiger partial charge on any atom is -0.371 e. The number of carbonyl (C=O) groups excluding carboxylic acids is 2. The van der Waals surface area contributed by atoms with Crippen LogP contribution in [-0.2, 0) is 9.59 Å². The van der Waals surface area contributed by atoms with E-state index in [9.17, 15) is 9.59 Å². The van der Waals surface area contributed by atoms with Crippen LogP contribution in [0.4, 0.5) is 5.69 Å². The lowest BCUT2D eigenvalue weighted by Gasteiger charge is -2.47. The fourth-order valence-electron chi connectivity index (χ4n) is 5.56. The molecular formula is C24H30N4O2. The number of pyridine rings is 1. The minimum absolute atomic E-state index is 0.179. The second-order valence-electron chi connectivity index (χ2n) is 9.39. The number of aromatic nitrogens is 1. The second kappa shape index (κ2) is 7.65. The largest absolute Gasteiger partial charge is 0.371 e. The number of benzene rings is 1. The summed E-state index contributed by atoms with van der Waals surface area (Å²) >= 11 is 0. The van der Waals surface area contributed by atoms with E-state index in [-0.39, 0.29) is 17.7 Å². The summed E-state index contributed by atoms with van der Waals surface area (Å²) < 4.78 is 0. The van der Waals surface area contributed by atoms with Crippen LogP contribution in [0.25, 0.3) is 10.8 Å². The lowest BCUT2D eigenvalue weighted by Crippen LogP contribution is -2.46. The van der Waals surface area contributed by atoms with Crippen molar-refractivity contribution in [3.05, 3.63) is 36.2 Å². The van der Waals surface area contributed by atoms with Crippen LogP contribution < -0.4 is 10.2 Å². The maximum atomic E-state index is 12.5. The normalized spacial score (nSPS) is 25.0. The molecule has 5 rings (SSSR count). The summed E-state index contributed by atoms with van der Waals surface area (Å²) in [6.45, 7) is 4.58. The Kier molecular flexibility index (Phi) is 4.97. The van der Waals surface area contributed by atoms with Crippen LogP contribution in [-0.4, -0.2) is 54.9 Å². The van der Waals surface area contributed by atoms with E-state index in [4.69, 9.17) is 0 Å². The lowest BCUT2D eigenvalue weighted by atomic mass is 9.71. The van der Waals surface area contributed by atoms with Gasteiger partial charge in [-0.15, -0.1) is 0 Å². The number of fused-ring (bicyclic) bond motifs is 1. The van der Waals surface area contributed by atoms with Crippen LogP contribution in [0.1, 0.15) is 50.0 Å². The molecule has 6 heteroatoms. The van der Waals surface area contributed by atoms with Crippen LogP contribution in [0.5, 0.6) is 0 Å². The van der Waals surface area contributed by atoms with E-state index in [0.717, 1.165) is 29.4 Å². The second-order valence-corrected chi connectivity index (χ2v) is 9.39. The van der Waals surface area contributed by atoms with E-state index in [0.29, 0.717) is 18.3 Å². The lowest BCUT2D eigenvalue weighted by molar-refractivity contribution is -0.134. The number of nitrogens with one attached hydrogen (secondary N) is 1. The number of hydrogen-bond donors (Lipinski definition) is 1. The molecule has 2 aromatic rings. The number of carbonyl (C=O) groups is 2. The van der Waals surface area contributed by atoms with Gasteiger partial charge < -0.3 is 9.80 Å². The maximum Gasteiger partial charge on any atom is 0.234 e. The molecule has 6 nitrogen and oxygen atoms in total. The van der Waals surface area contributed by atoms with E-state index in [1.807, 2.05) is 6.20 Å². The summed E-state index contributed by atoms with van der Waals surface area (Å²) in [5, 5.41) is 4.68. The molecule has 3 aliphatic heterocycles. The number of nitrogens with zero attached hydrogens (tertiary/aromatic N) is 3. The summed E-state index contributed by atoms with van der Waals surface area (Å²) in [6, 6.07) is 6.36. The molecule has 0 radical (unpaired) electrons. The van der Waals surface area contributed by atoms with Gasteiger partial charge in [-0.3, -0.25) is 19.9 Å². The van der Waals surface area contributed by atoms with Crippen LogP contribution in [0.2, 0.25) is 0 Å². The Hall–Kier alpha value is -2.47. The van der Waals surface area contributed by atoms with Crippen molar-refractivity contribution in [1.82, 2.24) is 15.2 Å². The monoisotopic (exact) mass is 406 g/mol. The van der Waals surface area contributed by atoms with E-state index in [1.54, 1.807) is 6.20 Å². The zero-order valence-corrected chi connectivity index (χ0v) is 17.7. The molecule has 0 aliphatic carbocycles. The van der Waals surface area contributed by atoms with E-state index >= 15 is 0 Å². The van der Waals surface area contributed by atoms with Gasteiger partial charge in [-0.1, -0.05) is 12.1 Å². The highest BCUT2D eigenvalue weighted by Crippen LogP contribution is 2.43. The van der Waals surface area contributed by atoms with Crippen molar-refractivity contribution in [2.45, 2.75) is 44.4 Å². The first-order chi connectivity index (χ1) is 14.5. The Morgan fingerprint density at radius 2 is 1.73 bits per heavy atom. The van der Waals surface area contributed by atoms with Crippen molar-refractivity contribution in [1.29, 1.82) is 0 Å². The standard InChI is InChI=1S/C24H30N4O2/c1-27-11-7-24(8-12-27)9-13-28(14-10-24)21-4-2-3-17-19(15-25-16-20(17)21)18-5-6-22(29)26-23(18)30/h2-4,15-16,18H,5-14H2,1H3,(H,26,29,30). The zero-order valence-electron chi connectivity index (χ0n) is 17.7. The minimum atomic E-state index is -0.307. The molecule has 1 unspecified atom stereocenters. The number of rotatable bonds is 2. The zero-order chi connectivity index (χ0) is 20.7. The average Bonchev–Trinajstić information content (AvgIpc) is 2.76. The molecule has 4 heterocycles. The van der Waals surface area contributed by atoms with Gasteiger partial charge in [0.1, 0.15) is 0 Å². The molecule has 1 spiro atoms. The quantitative estimate of drug-likeness (QED) is 0.777. The molecule has 158 valence electrons. The fourth-order valence-corrected chi connectivity index (χ4v) is 5.56. The molecule has 1 atom stereocenters. The molecule has 0 saturated carbocycles. The van der Waals surface area contributed by atoms with E-state index in [2.05, 4.69) is 45.3 Å². The van der Waals surface area contributed by atoms with E-state index < -0.39 is 0 Å². The van der Waals surface area contributed by atoms with Gasteiger partial charge in [-0.2, -0.15) is 0 Å². The van der Waals surface area contributed by atoms with Crippen molar-refractivity contribution in [3.8, 4) is 0 Å². The number of likely N-dealkylation sites (tertiary alicyclic amines) is 1. The predicted molar refractivity (Wildman–Crippen MR) is 117 cm³/mol. The summed E-state index contributed by atoms with van der Waals surface area (Å²) in [6.07, 6.45) is 9.79. The third-order valence-corrected chi connectivity index (χ3v) is 7.64.